The summed E-state index contributed by atoms with van der Waals surface area (Å²) in [6.07, 6.45) is 3.56. The second kappa shape index (κ2) is 7.95. The number of hydrogen-bond acceptors (Lipinski definition) is 2. The Kier molecular flexibility index (Phi) is 6.24. The third-order valence-electron chi connectivity index (χ3n) is 4.33. The van der Waals surface area contributed by atoms with E-state index in [-0.39, 0.29) is 18.4 Å². The molecule has 3 nitrogen and oxygen atoms in total. The van der Waals surface area contributed by atoms with E-state index in [1.807, 2.05) is 17.0 Å². The molecule has 1 aromatic carbocycles. The Morgan fingerprint density at radius 2 is 2.14 bits per heavy atom. The average Bonchev–Trinajstić information content (AvgIpc) is 2.48. The molecule has 2 rings (SSSR count). The molecule has 0 aromatic heterocycles. The molecule has 2 atom stereocenters. The van der Waals surface area contributed by atoms with Crippen LogP contribution in [-0.2, 0) is 4.79 Å². The Morgan fingerprint density at radius 3 is 2.81 bits per heavy atom. The number of carbonyl (C=O) groups is 1. The highest BCUT2D eigenvalue weighted by atomic mass is 79.9. The van der Waals surface area contributed by atoms with Crippen LogP contribution >= 0.6 is 15.9 Å². The van der Waals surface area contributed by atoms with Gasteiger partial charge in [0.2, 0.25) is 5.91 Å². The van der Waals surface area contributed by atoms with Crippen LogP contribution in [0.15, 0.2) is 28.7 Å². The third-order valence-corrected chi connectivity index (χ3v) is 4.86. The van der Waals surface area contributed by atoms with Crippen LogP contribution in [0.2, 0.25) is 0 Å². The van der Waals surface area contributed by atoms with Gasteiger partial charge in [-0.1, -0.05) is 35.0 Å². The van der Waals surface area contributed by atoms with Gasteiger partial charge in [0.25, 0.3) is 0 Å². The number of hydrogen-bond donors (Lipinski definition) is 1. The molecule has 0 saturated carbocycles. The van der Waals surface area contributed by atoms with Crippen LogP contribution in [0.1, 0.15) is 44.1 Å². The molecule has 1 aliphatic heterocycles. The minimum absolute atomic E-state index is 0.224. The highest BCUT2D eigenvalue weighted by Gasteiger charge is 2.24. The van der Waals surface area contributed by atoms with Crippen molar-refractivity contribution < 1.29 is 9.90 Å². The summed E-state index contributed by atoms with van der Waals surface area (Å²) >= 11 is 3.43. The number of rotatable bonds is 5. The first-order valence-corrected chi connectivity index (χ1v) is 8.53. The zero-order valence-electron chi connectivity index (χ0n) is 12.6. The maximum atomic E-state index is 12.5. The lowest BCUT2D eigenvalue weighted by Gasteiger charge is -2.33. The van der Waals surface area contributed by atoms with Gasteiger partial charge in [0.1, 0.15) is 0 Å². The number of aliphatic hydroxyl groups is 1. The molecule has 1 aliphatic rings. The molecular formula is C17H24BrNO2. The second-order valence-corrected chi connectivity index (χ2v) is 6.93. The molecule has 0 radical (unpaired) electrons. The van der Waals surface area contributed by atoms with E-state index in [9.17, 15) is 4.79 Å². The van der Waals surface area contributed by atoms with Crippen molar-refractivity contribution in [1.82, 2.24) is 4.90 Å². The van der Waals surface area contributed by atoms with Gasteiger partial charge in [-0.15, -0.1) is 0 Å². The fourth-order valence-corrected chi connectivity index (χ4v) is 3.27. The molecule has 1 fully saturated rings. The van der Waals surface area contributed by atoms with Crippen molar-refractivity contribution in [3.63, 3.8) is 0 Å². The lowest BCUT2D eigenvalue weighted by atomic mass is 9.93. The quantitative estimate of drug-likeness (QED) is 0.878. The number of piperidine rings is 1. The SMILES string of the molecule is CC(CC(=O)N1CCCC(CCO)C1)c1ccc(Br)cc1. The van der Waals surface area contributed by atoms with E-state index in [1.165, 1.54) is 5.56 Å². The Morgan fingerprint density at radius 1 is 1.43 bits per heavy atom. The van der Waals surface area contributed by atoms with Crippen LogP contribution in [0, 0.1) is 5.92 Å². The van der Waals surface area contributed by atoms with Gasteiger partial charge in [0, 0.05) is 30.6 Å². The van der Waals surface area contributed by atoms with Crippen LogP contribution in [0.5, 0.6) is 0 Å². The van der Waals surface area contributed by atoms with E-state index in [1.54, 1.807) is 0 Å². The molecule has 1 amide bonds. The van der Waals surface area contributed by atoms with Crippen LogP contribution in [-0.4, -0.2) is 35.6 Å². The molecule has 21 heavy (non-hydrogen) atoms. The summed E-state index contributed by atoms with van der Waals surface area (Å²) in [4.78, 5) is 14.4. The maximum Gasteiger partial charge on any atom is 0.223 e. The highest BCUT2D eigenvalue weighted by molar-refractivity contribution is 9.10. The van der Waals surface area contributed by atoms with Crippen molar-refractivity contribution in [2.75, 3.05) is 19.7 Å². The summed E-state index contributed by atoms with van der Waals surface area (Å²) < 4.78 is 1.06. The van der Waals surface area contributed by atoms with Gasteiger partial charge in [0.05, 0.1) is 0 Å². The number of aliphatic hydroxyl groups excluding tert-OH is 1. The first kappa shape index (κ1) is 16.5. The number of likely N-dealkylation sites (tertiary alicyclic amines) is 1. The first-order valence-electron chi connectivity index (χ1n) is 7.74. The lowest BCUT2D eigenvalue weighted by Crippen LogP contribution is -2.40. The summed E-state index contributed by atoms with van der Waals surface area (Å²) in [5.41, 5.74) is 1.20. The van der Waals surface area contributed by atoms with Crippen molar-refractivity contribution in [3.05, 3.63) is 34.3 Å². The Labute approximate surface area is 135 Å². The van der Waals surface area contributed by atoms with E-state index in [0.29, 0.717) is 12.3 Å². The maximum absolute atomic E-state index is 12.5. The fourth-order valence-electron chi connectivity index (χ4n) is 3.01. The zero-order valence-corrected chi connectivity index (χ0v) is 14.2. The number of benzene rings is 1. The summed E-state index contributed by atoms with van der Waals surface area (Å²) in [6.45, 7) is 4.01. The van der Waals surface area contributed by atoms with Crippen molar-refractivity contribution >= 4 is 21.8 Å². The summed E-state index contributed by atoms with van der Waals surface area (Å²) in [5, 5.41) is 9.05. The minimum atomic E-state index is 0.224. The molecule has 0 spiro atoms. The molecule has 4 heteroatoms. The van der Waals surface area contributed by atoms with Gasteiger partial charge in [0.15, 0.2) is 0 Å². The highest BCUT2D eigenvalue weighted by Crippen LogP contribution is 2.25. The zero-order chi connectivity index (χ0) is 15.2. The molecule has 1 N–H and O–H groups in total. The third kappa shape index (κ3) is 4.82. The number of carbonyl (C=O) groups excluding carboxylic acids is 1. The molecule has 1 saturated heterocycles. The van der Waals surface area contributed by atoms with Crippen molar-refractivity contribution in [1.29, 1.82) is 0 Å². The van der Waals surface area contributed by atoms with Gasteiger partial charge in [-0.05, 0) is 48.8 Å². The van der Waals surface area contributed by atoms with Gasteiger partial charge >= 0.3 is 0 Å². The second-order valence-electron chi connectivity index (χ2n) is 6.02. The van der Waals surface area contributed by atoms with Crippen molar-refractivity contribution in [2.45, 2.75) is 38.5 Å². The van der Waals surface area contributed by atoms with E-state index in [2.05, 4.69) is 35.0 Å². The number of amides is 1. The van der Waals surface area contributed by atoms with E-state index >= 15 is 0 Å². The predicted octanol–water partition coefficient (Wildman–Crippen LogP) is 3.56. The molecular weight excluding hydrogens is 330 g/mol. The summed E-state index contributed by atoms with van der Waals surface area (Å²) in [6, 6.07) is 8.20. The van der Waals surface area contributed by atoms with Gasteiger partial charge in [-0.3, -0.25) is 4.79 Å². The average molecular weight is 354 g/mol. The number of nitrogens with zero attached hydrogens (tertiary/aromatic N) is 1. The van der Waals surface area contributed by atoms with Crippen molar-refractivity contribution in [3.8, 4) is 0 Å². The molecule has 0 bridgehead atoms. The van der Waals surface area contributed by atoms with Crippen LogP contribution in [0.3, 0.4) is 0 Å². The van der Waals surface area contributed by atoms with E-state index in [4.69, 9.17) is 5.11 Å². The smallest absolute Gasteiger partial charge is 0.223 e. The Bertz CT molecular complexity index is 458. The monoisotopic (exact) mass is 353 g/mol. The standard InChI is InChI=1S/C17H24BrNO2/c1-13(15-4-6-16(18)7-5-15)11-17(21)19-9-2-3-14(12-19)8-10-20/h4-7,13-14,20H,2-3,8-12H2,1H3. The summed E-state index contributed by atoms with van der Waals surface area (Å²) in [5.74, 6) is 0.951. The summed E-state index contributed by atoms with van der Waals surface area (Å²) in [7, 11) is 0. The Balaban J connectivity index is 1.89. The van der Waals surface area contributed by atoms with E-state index in [0.717, 1.165) is 36.8 Å². The topological polar surface area (TPSA) is 40.5 Å². The van der Waals surface area contributed by atoms with Crippen LogP contribution in [0.4, 0.5) is 0 Å². The number of halogens is 1. The van der Waals surface area contributed by atoms with Gasteiger partial charge in [-0.25, -0.2) is 0 Å². The minimum Gasteiger partial charge on any atom is -0.396 e. The fraction of sp³-hybridized carbons (Fsp3) is 0.588. The van der Waals surface area contributed by atoms with Gasteiger partial charge < -0.3 is 10.0 Å². The molecule has 1 aromatic rings. The van der Waals surface area contributed by atoms with Crippen LogP contribution in [0.25, 0.3) is 0 Å². The molecule has 0 aliphatic carbocycles. The van der Waals surface area contributed by atoms with Crippen molar-refractivity contribution in [2.24, 2.45) is 5.92 Å². The normalized spacial score (nSPS) is 20.3. The molecule has 116 valence electrons. The molecule has 2 unspecified atom stereocenters. The Hall–Kier alpha value is -0.870. The first-order chi connectivity index (χ1) is 10.1. The molecule has 1 heterocycles. The van der Waals surface area contributed by atoms with Crippen LogP contribution < -0.4 is 0 Å². The van der Waals surface area contributed by atoms with E-state index < -0.39 is 0 Å². The lowest BCUT2D eigenvalue weighted by molar-refractivity contribution is -0.133. The largest absolute Gasteiger partial charge is 0.396 e. The van der Waals surface area contributed by atoms with Gasteiger partial charge in [-0.2, -0.15) is 0 Å². The predicted molar refractivity (Wildman–Crippen MR) is 88.2 cm³/mol.